The summed E-state index contributed by atoms with van der Waals surface area (Å²) >= 11 is 0. The van der Waals surface area contributed by atoms with Gasteiger partial charge in [0.15, 0.2) is 0 Å². The van der Waals surface area contributed by atoms with Crippen LogP contribution in [-0.2, 0) is 0 Å². The van der Waals surface area contributed by atoms with Crippen molar-refractivity contribution in [1.29, 1.82) is 0 Å². The Labute approximate surface area is 57.8 Å². The molecule has 0 aromatic heterocycles. The molecule has 0 aromatic rings. The van der Waals surface area contributed by atoms with E-state index >= 15 is 0 Å². The molecular formula is C8H17N. The maximum Gasteiger partial charge on any atom is 0.0153 e. The van der Waals surface area contributed by atoms with Gasteiger partial charge in [-0.3, -0.25) is 0 Å². The average Bonchev–Trinajstić information content (AvgIpc) is 2.16. The van der Waals surface area contributed by atoms with Gasteiger partial charge in [0.1, 0.15) is 0 Å². The number of rotatable bonds is 2. The normalized spacial score (nSPS) is 35.3. The SMILES string of the molecule is CCC[C@@]1(C)CCCN1. The van der Waals surface area contributed by atoms with Gasteiger partial charge in [-0.1, -0.05) is 13.3 Å². The lowest BCUT2D eigenvalue weighted by atomic mass is 9.95. The van der Waals surface area contributed by atoms with E-state index in [1.54, 1.807) is 0 Å². The van der Waals surface area contributed by atoms with E-state index in [4.69, 9.17) is 0 Å². The van der Waals surface area contributed by atoms with Crippen molar-refractivity contribution in [2.24, 2.45) is 0 Å². The first-order chi connectivity index (χ1) is 4.27. The Balaban J connectivity index is 2.32. The average molecular weight is 127 g/mol. The Hall–Kier alpha value is -0.0400. The lowest BCUT2D eigenvalue weighted by molar-refractivity contribution is 0.380. The van der Waals surface area contributed by atoms with Crippen LogP contribution in [-0.4, -0.2) is 12.1 Å². The molecule has 0 radical (unpaired) electrons. The zero-order chi connectivity index (χ0) is 6.74. The van der Waals surface area contributed by atoms with Gasteiger partial charge >= 0.3 is 0 Å². The minimum absolute atomic E-state index is 0.495. The molecule has 0 amide bonds. The van der Waals surface area contributed by atoms with Crippen molar-refractivity contribution in [2.45, 2.75) is 45.1 Å². The second-order valence-electron chi connectivity index (χ2n) is 3.34. The molecule has 1 rings (SSSR count). The van der Waals surface area contributed by atoms with Crippen molar-refractivity contribution in [3.05, 3.63) is 0 Å². The third-order valence-electron chi connectivity index (χ3n) is 2.26. The highest BCUT2D eigenvalue weighted by Gasteiger charge is 2.25. The summed E-state index contributed by atoms with van der Waals surface area (Å²) in [5, 5.41) is 3.53. The highest BCUT2D eigenvalue weighted by Crippen LogP contribution is 2.22. The summed E-state index contributed by atoms with van der Waals surface area (Å²) in [5.74, 6) is 0. The summed E-state index contributed by atoms with van der Waals surface area (Å²) in [7, 11) is 0. The van der Waals surface area contributed by atoms with Crippen molar-refractivity contribution in [2.75, 3.05) is 6.54 Å². The molecule has 1 aliphatic rings. The lowest BCUT2D eigenvalue weighted by Gasteiger charge is -2.22. The van der Waals surface area contributed by atoms with Crippen LogP contribution in [0.25, 0.3) is 0 Å². The molecule has 9 heavy (non-hydrogen) atoms. The second-order valence-corrected chi connectivity index (χ2v) is 3.34. The zero-order valence-electron chi connectivity index (χ0n) is 6.54. The van der Waals surface area contributed by atoms with Crippen LogP contribution in [0.5, 0.6) is 0 Å². The maximum absolute atomic E-state index is 3.53. The van der Waals surface area contributed by atoms with E-state index in [1.807, 2.05) is 0 Å². The number of hydrogen-bond donors (Lipinski definition) is 1. The van der Waals surface area contributed by atoms with Gasteiger partial charge in [-0.25, -0.2) is 0 Å². The van der Waals surface area contributed by atoms with Gasteiger partial charge in [0, 0.05) is 5.54 Å². The van der Waals surface area contributed by atoms with E-state index in [0.29, 0.717) is 5.54 Å². The molecule has 1 saturated heterocycles. The maximum atomic E-state index is 3.53. The summed E-state index contributed by atoms with van der Waals surface area (Å²) in [6.45, 7) is 5.82. The van der Waals surface area contributed by atoms with E-state index < -0.39 is 0 Å². The van der Waals surface area contributed by atoms with Crippen LogP contribution in [0.2, 0.25) is 0 Å². The molecule has 1 atom stereocenters. The minimum Gasteiger partial charge on any atom is -0.312 e. The van der Waals surface area contributed by atoms with E-state index in [-0.39, 0.29) is 0 Å². The molecule has 0 aliphatic carbocycles. The fourth-order valence-corrected chi connectivity index (χ4v) is 1.72. The Morgan fingerprint density at radius 1 is 1.56 bits per heavy atom. The first-order valence-electron chi connectivity index (χ1n) is 4.02. The molecule has 0 unspecified atom stereocenters. The smallest absolute Gasteiger partial charge is 0.0153 e. The summed E-state index contributed by atoms with van der Waals surface area (Å²) in [5.41, 5.74) is 0.495. The molecule has 1 heterocycles. The topological polar surface area (TPSA) is 12.0 Å². The Bertz CT molecular complexity index is 82.6. The second kappa shape index (κ2) is 2.70. The first kappa shape index (κ1) is 7.07. The van der Waals surface area contributed by atoms with Crippen LogP contribution in [0.3, 0.4) is 0 Å². The number of hydrogen-bond acceptors (Lipinski definition) is 1. The van der Waals surface area contributed by atoms with Crippen LogP contribution in [0.4, 0.5) is 0 Å². The highest BCUT2D eigenvalue weighted by molar-refractivity contribution is 4.87. The van der Waals surface area contributed by atoms with Crippen LogP contribution >= 0.6 is 0 Å². The van der Waals surface area contributed by atoms with E-state index in [0.717, 1.165) is 0 Å². The standard InChI is InChI=1S/C8H17N/c1-3-5-8(2)6-4-7-9-8/h9H,3-7H2,1-2H3/t8-/m0/s1. The van der Waals surface area contributed by atoms with Crippen LogP contribution in [0.15, 0.2) is 0 Å². The van der Waals surface area contributed by atoms with Crippen molar-refractivity contribution in [3.63, 3.8) is 0 Å². The minimum atomic E-state index is 0.495. The fraction of sp³-hybridized carbons (Fsp3) is 1.00. The van der Waals surface area contributed by atoms with Gasteiger partial charge < -0.3 is 5.32 Å². The van der Waals surface area contributed by atoms with Gasteiger partial charge in [-0.15, -0.1) is 0 Å². The Morgan fingerprint density at radius 3 is 2.78 bits per heavy atom. The van der Waals surface area contributed by atoms with Gasteiger partial charge in [-0.2, -0.15) is 0 Å². The summed E-state index contributed by atoms with van der Waals surface area (Å²) in [4.78, 5) is 0. The predicted octanol–water partition coefficient (Wildman–Crippen LogP) is 1.93. The summed E-state index contributed by atoms with van der Waals surface area (Å²) in [6.07, 6.45) is 5.40. The quantitative estimate of drug-likeness (QED) is 0.597. The fourth-order valence-electron chi connectivity index (χ4n) is 1.72. The van der Waals surface area contributed by atoms with Crippen molar-refractivity contribution >= 4 is 0 Å². The van der Waals surface area contributed by atoms with Gasteiger partial charge in [0.05, 0.1) is 0 Å². The third kappa shape index (κ3) is 1.68. The molecule has 0 saturated carbocycles. The highest BCUT2D eigenvalue weighted by atomic mass is 15.0. The van der Waals surface area contributed by atoms with Crippen molar-refractivity contribution in [1.82, 2.24) is 5.32 Å². The largest absolute Gasteiger partial charge is 0.312 e. The molecule has 1 fully saturated rings. The molecule has 1 N–H and O–H groups in total. The van der Waals surface area contributed by atoms with E-state index in [1.165, 1.54) is 32.2 Å². The van der Waals surface area contributed by atoms with Crippen LogP contribution in [0, 0.1) is 0 Å². The van der Waals surface area contributed by atoms with Gasteiger partial charge in [0.2, 0.25) is 0 Å². The van der Waals surface area contributed by atoms with Gasteiger partial charge in [0.25, 0.3) is 0 Å². The Kier molecular flexibility index (Phi) is 2.12. The predicted molar refractivity (Wildman–Crippen MR) is 40.5 cm³/mol. The molecule has 54 valence electrons. The van der Waals surface area contributed by atoms with Crippen molar-refractivity contribution < 1.29 is 0 Å². The molecule has 0 spiro atoms. The van der Waals surface area contributed by atoms with Crippen molar-refractivity contribution in [3.8, 4) is 0 Å². The zero-order valence-corrected chi connectivity index (χ0v) is 6.54. The molecular weight excluding hydrogens is 110 g/mol. The Morgan fingerprint density at radius 2 is 2.33 bits per heavy atom. The summed E-state index contributed by atoms with van der Waals surface area (Å²) < 4.78 is 0. The van der Waals surface area contributed by atoms with E-state index in [9.17, 15) is 0 Å². The monoisotopic (exact) mass is 127 g/mol. The third-order valence-corrected chi connectivity index (χ3v) is 2.26. The number of nitrogens with one attached hydrogen (secondary N) is 1. The van der Waals surface area contributed by atoms with Crippen LogP contribution < -0.4 is 5.32 Å². The molecule has 0 bridgehead atoms. The first-order valence-corrected chi connectivity index (χ1v) is 4.02. The van der Waals surface area contributed by atoms with E-state index in [2.05, 4.69) is 19.2 Å². The molecule has 1 aliphatic heterocycles. The molecule has 1 nitrogen and oxygen atoms in total. The molecule has 0 aromatic carbocycles. The molecule has 1 heteroatoms. The summed E-state index contributed by atoms with van der Waals surface area (Å²) in [6, 6.07) is 0. The van der Waals surface area contributed by atoms with Gasteiger partial charge in [-0.05, 0) is 32.7 Å². The van der Waals surface area contributed by atoms with Crippen LogP contribution in [0.1, 0.15) is 39.5 Å². The lowest BCUT2D eigenvalue weighted by Crippen LogP contribution is -2.35.